The number of ketones is 1. The third kappa shape index (κ3) is 4.18. The van der Waals surface area contributed by atoms with Crippen LogP contribution < -0.4 is 5.56 Å². The van der Waals surface area contributed by atoms with E-state index in [0.29, 0.717) is 18.6 Å². The molecule has 2 aromatic rings. The second kappa shape index (κ2) is 8.09. The molecular formula is C22H25NO2S. The van der Waals surface area contributed by atoms with Crippen LogP contribution in [-0.2, 0) is 4.79 Å². The minimum absolute atomic E-state index is 0.0355. The lowest BCUT2D eigenvalue weighted by Gasteiger charge is -2.13. The van der Waals surface area contributed by atoms with E-state index in [0.717, 1.165) is 28.8 Å². The molecule has 136 valence electrons. The number of carbonyl (C=O) groups excluding carboxylic acids is 1. The zero-order valence-electron chi connectivity index (χ0n) is 15.5. The van der Waals surface area contributed by atoms with Gasteiger partial charge in [-0.1, -0.05) is 38.1 Å². The lowest BCUT2D eigenvalue weighted by Crippen LogP contribution is -2.15. The van der Waals surface area contributed by atoms with E-state index in [1.165, 1.54) is 4.90 Å². The SMILES string of the molecule is CSc1ccc(/C(=C/[C@H]2CCC(=O)C2)c2ccc(C(C)C)c(=O)[nH]2)cc1. The van der Waals surface area contributed by atoms with Gasteiger partial charge in [0, 0.05) is 34.6 Å². The molecule has 1 heterocycles. The summed E-state index contributed by atoms with van der Waals surface area (Å²) in [6.45, 7) is 4.04. The number of allylic oxidation sites excluding steroid dienone is 1. The highest BCUT2D eigenvalue weighted by molar-refractivity contribution is 7.98. The molecule has 0 bridgehead atoms. The van der Waals surface area contributed by atoms with Crippen LogP contribution in [0, 0.1) is 5.92 Å². The fourth-order valence-corrected chi connectivity index (χ4v) is 3.84. The Labute approximate surface area is 158 Å². The van der Waals surface area contributed by atoms with Crippen LogP contribution in [0.15, 0.2) is 52.2 Å². The molecule has 3 rings (SSSR count). The molecule has 0 radical (unpaired) electrons. The van der Waals surface area contributed by atoms with Crippen molar-refractivity contribution >= 4 is 23.1 Å². The van der Waals surface area contributed by atoms with E-state index < -0.39 is 0 Å². The van der Waals surface area contributed by atoms with Gasteiger partial charge < -0.3 is 4.98 Å². The molecule has 0 saturated heterocycles. The molecule has 3 nitrogen and oxygen atoms in total. The average Bonchev–Trinajstić information content (AvgIpc) is 3.04. The summed E-state index contributed by atoms with van der Waals surface area (Å²) >= 11 is 1.70. The third-order valence-electron chi connectivity index (χ3n) is 4.94. The molecule has 1 aliphatic rings. The lowest BCUT2D eigenvalue weighted by atomic mass is 9.95. The summed E-state index contributed by atoms with van der Waals surface area (Å²) < 4.78 is 0. The number of H-pyrrole nitrogens is 1. The Kier molecular flexibility index (Phi) is 5.82. The number of aromatic nitrogens is 1. The number of rotatable bonds is 5. The van der Waals surface area contributed by atoms with Crippen molar-refractivity contribution in [1.29, 1.82) is 0 Å². The number of carbonyl (C=O) groups is 1. The van der Waals surface area contributed by atoms with Crippen LogP contribution >= 0.6 is 11.8 Å². The number of nitrogens with one attached hydrogen (secondary N) is 1. The van der Waals surface area contributed by atoms with E-state index >= 15 is 0 Å². The summed E-state index contributed by atoms with van der Waals surface area (Å²) in [6.07, 6.45) is 6.36. The van der Waals surface area contributed by atoms with Crippen LogP contribution in [0.25, 0.3) is 5.57 Å². The first-order chi connectivity index (χ1) is 12.5. The molecule has 1 atom stereocenters. The number of Topliss-reactive ketones (excluding diaryl/α,β-unsaturated/α-hetero) is 1. The van der Waals surface area contributed by atoms with E-state index in [4.69, 9.17) is 0 Å². The first-order valence-electron chi connectivity index (χ1n) is 9.09. The predicted octanol–water partition coefficient (Wildman–Crippen LogP) is 5.02. The van der Waals surface area contributed by atoms with Gasteiger partial charge in [-0.25, -0.2) is 0 Å². The van der Waals surface area contributed by atoms with Gasteiger partial charge >= 0.3 is 0 Å². The zero-order chi connectivity index (χ0) is 18.7. The van der Waals surface area contributed by atoms with Crippen LogP contribution in [0.5, 0.6) is 0 Å². The topological polar surface area (TPSA) is 49.9 Å². The van der Waals surface area contributed by atoms with Crippen LogP contribution in [-0.4, -0.2) is 17.0 Å². The Morgan fingerprint density at radius 2 is 1.88 bits per heavy atom. The van der Waals surface area contributed by atoms with E-state index in [1.807, 2.05) is 26.0 Å². The maximum Gasteiger partial charge on any atom is 0.251 e. The molecule has 1 N–H and O–H groups in total. The van der Waals surface area contributed by atoms with Gasteiger partial charge in [-0.05, 0) is 48.3 Å². The number of hydrogen-bond donors (Lipinski definition) is 1. The van der Waals surface area contributed by atoms with Gasteiger partial charge in [-0.3, -0.25) is 9.59 Å². The molecule has 4 heteroatoms. The monoisotopic (exact) mass is 367 g/mol. The minimum atomic E-state index is -0.0355. The number of aromatic amines is 1. The molecular weight excluding hydrogens is 342 g/mol. The Morgan fingerprint density at radius 1 is 1.15 bits per heavy atom. The predicted molar refractivity (Wildman–Crippen MR) is 109 cm³/mol. The van der Waals surface area contributed by atoms with E-state index in [-0.39, 0.29) is 17.4 Å². The van der Waals surface area contributed by atoms with Crippen molar-refractivity contribution in [2.24, 2.45) is 5.92 Å². The Balaban J connectivity index is 2.05. The van der Waals surface area contributed by atoms with Gasteiger partial charge in [0.05, 0.1) is 0 Å². The molecule has 26 heavy (non-hydrogen) atoms. The highest BCUT2D eigenvalue weighted by Crippen LogP contribution is 2.31. The van der Waals surface area contributed by atoms with Gasteiger partial charge in [-0.15, -0.1) is 11.8 Å². The number of hydrogen-bond acceptors (Lipinski definition) is 3. The molecule has 0 aliphatic heterocycles. The van der Waals surface area contributed by atoms with Crippen LogP contribution in [0.4, 0.5) is 0 Å². The van der Waals surface area contributed by atoms with Gasteiger partial charge in [0.1, 0.15) is 5.78 Å². The maximum absolute atomic E-state index is 12.5. The molecule has 1 fully saturated rings. The first-order valence-corrected chi connectivity index (χ1v) is 10.3. The quantitative estimate of drug-likeness (QED) is 0.755. The first kappa shape index (κ1) is 18.7. The van der Waals surface area contributed by atoms with E-state index in [2.05, 4.69) is 41.6 Å². The average molecular weight is 368 g/mol. The van der Waals surface area contributed by atoms with Gasteiger partial charge in [-0.2, -0.15) is 0 Å². The summed E-state index contributed by atoms with van der Waals surface area (Å²) in [4.78, 5) is 28.4. The molecule has 1 saturated carbocycles. The van der Waals surface area contributed by atoms with Crippen molar-refractivity contribution in [3.63, 3.8) is 0 Å². The van der Waals surface area contributed by atoms with Crippen molar-refractivity contribution in [3.05, 3.63) is 69.6 Å². The van der Waals surface area contributed by atoms with Crippen molar-refractivity contribution in [1.82, 2.24) is 4.98 Å². The Hall–Kier alpha value is -2.07. The van der Waals surface area contributed by atoms with Crippen molar-refractivity contribution in [2.75, 3.05) is 6.26 Å². The van der Waals surface area contributed by atoms with E-state index in [1.54, 1.807) is 11.8 Å². The Bertz CT molecular complexity index is 878. The second-order valence-corrected chi connectivity index (χ2v) is 8.04. The van der Waals surface area contributed by atoms with Crippen molar-refractivity contribution < 1.29 is 4.79 Å². The second-order valence-electron chi connectivity index (χ2n) is 7.16. The fourth-order valence-electron chi connectivity index (χ4n) is 3.43. The summed E-state index contributed by atoms with van der Waals surface area (Å²) in [5, 5.41) is 0. The summed E-state index contributed by atoms with van der Waals surface area (Å²) in [6, 6.07) is 12.3. The number of benzene rings is 1. The molecule has 1 aliphatic carbocycles. The smallest absolute Gasteiger partial charge is 0.251 e. The van der Waals surface area contributed by atoms with E-state index in [9.17, 15) is 9.59 Å². The normalized spacial score (nSPS) is 17.9. The Morgan fingerprint density at radius 3 is 2.42 bits per heavy atom. The van der Waals surface area contributed by atoms with Crippen molar-refractivity contribution in [2.45, 2.75) is 43.9 Å². The summed E-state index contributed by atoms with van der Waals surface area (Å²) in [7, 11) is 0. The number of thioether (sulfide) groups is 1. The molecule has 0 unspecified atom stereocenters. The van der Waals surface area contributed by atoms with Crippen molar-refractivity contribution in [3.8, 4) is 0 Å². The highest BCUT2D eigenvalue weighted by atomic mass is 32.2. The summed E-state index contributed by atoms with van der Waals surface area (Å²) in [5.41, 5.74) is 3.64. The third-order valence-corrected chi connectivity index (χ3v) is 5.68. The molecule has 0 spiro atoms. The molecule has 1 aromatic carbocycles. The lowest BCUT2D eigenvalue weighted by molar-refractivity contribution is -0.117. The standard InChI is InChI=1S/C22H25NO2S/c1-14(2)19-10-11-21(23-22(19)25)20(13-15-4-7-17(24)12-15)16-5-8-18(26-3)9-6-16/h5-6,8-11,13-15H,4,7,12H2,1-3H3,(H,23,25)/b20-13-/t15-/m0/s1. The van der Waals surface area contributed by atoms with Gasteiger partial charge in [0.15, 0.2) is 0 Å². The largest absolute Gasteiger partial charge is 0.322 e. The number of pyridine rings is 1. The minimum Gasteiger partial charge on any atom is -0.322 e. The van der Waals surface area contributed by atoms with Crippen LogP contribution in [0.1, 0.15) is 55.8 Å². The van der Waals surface area contributed by atoms with Gasteiger partial charge in [0.2, 0.25) is 0 Å². The zero-order valence-corrected chi connectivity index (χ0v) is 16.4. The van der Waals surface area contributed by atoms with Crippen LogP contribution in [0.2, 0.25) is 0 Å². The fraction of sp³-hybridized carbons (Fsp3) is 0.364. The molecule has 0 amide bonds. The summed E-state index contributed by atoms with van der Waals surface area (Å²) in [5.74, 6) is 0.756. The van der Waals surface area contributed by atoms with Gasteiger partial charge in [0.25, 0.3) is 5.56 Å². The maximum atomic E-state index is 12.5. The molecule has 1 aromatic heterocycles. The highest BCUT2D eigenvalue weighted by Gasteiger charge is 2.21. The van der Waals surface area contributed by atoms with Crippen LogP contribution in [0.3, 0.4) is 0 Å².